The molecule has 2 aliphatic rings. The summed E-state index contributed by atoms with van der Waals surface area (Å²) in [6, 6.07) is 12.3. The number of allylic oxidation sites excluding steroid dienone is 1. The SMILES string of the molecule is CCC[C@@H]1C=C[C@H]2[C@H](C(=O)N([C@@H](CO)C(C)C)[C@@H]2C(=O)Nc2ccc3ccccc3c2)[C@@H]1C(=O)NC. The quantitative estimate of drug-likeness (QED) is 0.492. The van der Waals surface area contributed by atoms with Gasteiger partial charge in [0.2, 0.25) is 17.7 Å². The molecule has 1 heterocycles. The number of anilines is 1. The van der Waals surface area contributed by atoms with Crippen LogP contribution < -0.4 is 10.6 Å². The van der Waals surface area contributed by atoms with Gasteiger partial charge in [-0.25, -0.2) is 0 Å². The highest BCUT2D eigenvalue weighted by Crippen LogP contribution is 2.46. The lowest BCUT2D eigenvalue weighted by Crippen LogP contribution is -2.52. The second kappa shape index (κ2) is 10.8. The van der Waals surface area contributed by atoms with E-state index < -0.39 is 29.8 Å². The van der Waals surface area contributed by atoms with E-state index in [0.717, 1.165) is 23.6 Å². The fraction of sp³-hybridized carbons (Fsp3) is 0.483. The lowest BCUT2D eigenvalue weighted by molar-refractivity contribution is -0.143. The van der Waals surface area contributed by atoms with Gasteiger partial charge in [0.05, 0.1) is 24.5 Å². The Balaban J connectivity index is 1.74. The molecular weight excluding hydrogens is 454 g/mol. The third-order valence-corrected chi connectivity index (χ3v) is 7.82. The van der Waals surface area contributed by atoms with Gasteiger partial charge in [0, 0.05) is 18.7 Å². The monoisotopic (exact) mass is 491 g/mol. The number of aliphatic hydroxyl groups excluding tert-OH is 1. The Bertz CT molecular complexity index is 1160. The molecule has 0 unspecified atom stereocenters. The van der Waals surface area contributed by atoms with Gasteiger partial charge in [0.1, 0.15) is 6.04 Å². The number of nitrogens with zero attached hydrogens (tertiary/aromatic N) is 1. The molecular formula is C29H37N3O4. The number of fused-ring (bicyclic) bond motifs is 2. The summed E-state index contributed by atoms with van der Waals surface area (Å²) in [5, 5.41) is 18.1. The van der Waals surface area contributed by atoms with Crippen LogP contribution in [0.3, 0.4) is 0 Å². The molecule has 0 saturated carbocycles. The molecule has 0 bridgehead atoms. The molecule has 1 aliphatic carbocycles. The van der Waals surface area contributed by atoms with Gasteiger partial charge in [-0.05, 0) is 41.2 Å². The summed E-state index contributed by atoms with van der Waals surface area (Å²) >= 11 is 0. The second-order valence-corrected chi connectivity index (χ2v) is 10.3. The molecule has 3 amide bonds. The molecule has 36 heavy (non-hydrogen) atoms. The Labute approximate surface area is 212 Å². The number of rotatable bonds is 8. The average Bonchev–Trinajstić information content (AvgIpc) is 3.16. The molecule has 7 heteroatoms. The molecule has 0 spiro atoms. The van der Waals surface area contributed by atoms with E-state index in [1.54, 1.807) is 11.9 Å². The number of hydrogen-bond acceptors (Lipinski definition) is 4. The highest BCUT2D eigenvalue weighted by atomic mass is 16.3. The van der Waals surface area contributed by atoms with E-state index in [1.807, 2.05) is 68.5 Å². The van der Waals surface area contributed by atoms with Crippen molar-refractivity contribution in [1.29, 1.82) is 0 Å². The van der Waals surface area contributed by atoms with Crippen LogP contribution in [-0.4, -0.2) is 53.5 Å². The van der Waals surface area contributed by atoms with Gasteiger partial charge in [-0.1, -0.05) is 69.7 Å². The van der Waals surface area contributed by atoms with Crippen molar-refractivity contribution in [2.24, 2.45) is 29.6 Å². The molecule has 7 nitrogen and oxygen atoms in total. The van der Waals surface area contributed by atoms with E-state index in [0.29, 0.717) is 5.69 Å². The van der Waals surface area contributed by atoms with Crippen molar-refractivity contribution < 1.29 is 19.5 Å². The summed E-state index contributed by atoms with van der Waals surface area (Å²) in [4.78, 5) is 42.4. The summed E-state index contributed by atoms with van der Waals surface area (Å²) in [5.41, 5.74) is 0.645. The molecule has 1 aliphatic heterocycles. The third kappa shape index (κ3) is 4.64. The van der Waals surface area contributed by atoms with Gasteiger partial charge in [0.15, 0.2) is 0 Å². The highest BCUT2D eigenvalue weighted by molar-refractivity contribution is 6.03. The Hall–Kier alpha value is -3.19. The maximum Gasteiger partial charge on any atom is 0.247 e. The fourth-order valence-corrected chi connectivity index (χ4v) is 6.04. The summed E-state index contributed by atoms with van der Waals surface area (Å²) in [7, 11) is 1.59. The molecule has 6 atom stereocenters. The number of hydrogen-bond donors (Lipinski definition) is 3. The predicted molar refractivity (Wildman–Crippen MR) is 141 cm³/mol. The van der Waals surface area contributed by atoms with Crippen molar-refractivity contribution in [2.45, 2.75) is 45.7 Å². The molecule has 0 radical (unpaired) electrons. The number of benzene rings is 2. The zero-order valence-electron chi connectivity index (χ0n) is 21.5. The zero-order valence-corrected chi connectivity index (χ0v) is 21.5. The van der Waals surface area contributed by atoms with E-state index >= 15 is 0 Å². The van der Waals surface area contributed by atoms with Gasteiger partial charge in [-0.3, -0.25) is 14.4 Å². The minimum Gasteiger partial charge on any atom is -0.394 e. The van der Waals surface area contributed by atoms with E-state index in [1.165, 1.54) is 0 Å². The van der Waals surface area contributed by atoms with E-state index in [9.17, 15) is 19.5 Å². The number of amides is 3. The molecule has 1 fully saturated rings. The first kappa shape index (κ1) is 25.9. The number of carbonyl (C=O) groups is 3. The maximum absolute atomic E-state index is 14.0. The van der Waals surface area contributed by atoms with Crippen LogP contribution in [0.4, 0.5) is 5.69 Å². The molecule has 2 aromatic rings. The minimum absolute atomic E-state index is 0.0658. The van der Waals surface area contributed by atoms with Crippen molar-refractivity contribution in [3.8, 4) is 0 Å². The van der Waals surface area contributed by atoms with Crippen LogP contribution in [0.5, 0.6) is 0 Å². The third-order valence-electron chi connectivity index (χ3n) is 7.82. The van der Waals surface area contributed by atoms with Crippen LogP contribution >= 0.6 is 0 Å². The van der Waals surface area contributed by atoms with E-state index in [2.05, 4.69) is 17.6 Å². The lowest BCUT2D eigenvalue weighted by atomic mass is 9.68. The average molecular weight is 492 g/mol. The smallest absolute Gasteiger partial charge is 0.247 e. The predicted octanol–water partition coefficient (Wildman–Crippen LogP) is 3.59. The molecule has 0 aromatic heterocycles. The number of likely N-dealkylation sites (tertiary alicyclic amines) is 1. The van der Waals surface area contributed by atoms with Gasteiger partial charge >= 0.3 is 0 Å². The van der Waals surface area contributed by atoms with Crippen molar-refractivity contribution in [3.05, 3.63) is 54.6 Å². The van der Waals surface area contributed by atoms with Gasteiger partial charge in [-0.2, -0.15) is 0 Å². The Morgan fingerprint density at radius 1 is 1.06 bits per heavy atom. The van der Waals surface area contributed by atoms with Gasteiger partial charge < -0.3 is 20.6 Å². The summed E-state index contributed by atoms with van der Waals surface area (Å²) in [5.74, 6) is -2.51. The molecule has 4 rings (SSSR count). The maximum atomic E-state index is 14.0. The normalized spacial score (nSPS) is 26.2. The van der Waals surface area contributed by atoms with Crippen LogP contribution in [0.25, 0.3) is 10.8 Å². The first-order valence-electron chi connectivity index (χ1n) is 12.9. The van der Waals surface area contributed by atoms with Crippen LogP contribution in [0.15, 0.2) is 54.6 Å². The first-order chi connectivity index (χ1) is 17.3. The van der Waals surface area contributed by atoms with Crippen LogP contribution in [0, 0.1) is 29.6 Å². The molecule has 3 N–H and O–H groups in total. The summed E-state index contributed by atoms with van der Waals surface area (Å²) < 4.78 is 0. The summed E-state index contributed by atoms with van der Waals surface area (Å²) in [6.45, 7) is 5.67. The fourth-order valence-electron chi connectivity index (χ4n) is 6.04. The van der Waals surface area contributed by atoms with Gasteiger partial charge in [-0.15, -0.1) is 0 Å². The lowest BCUT2D eigenvalue weighted by Gasteiger charge is -2.35. The minimum atomic E-state index is -0.820. The van der Waals surface area contributed by atoms with Gasteiger partial charge in [0.25, 0.3) is 0 Å². The molecule has 192 valence electrons. The largest absolute Gasteiger partial charge is 0.394 e. The van der Waals surface area contributed by atoms with E-state index in [-0.39, 0.29) is 36.2 Å². The zero-order chi connectivity index (χ0) is 26.0. The molecule has 1 saturated heterocycles. The van der Waals surface area contributed by atoms with Crippen molar-refractivity contribution >= 4 is 34.2 Å². The number of nitrogens with one attached hydrogen (secondary N) is 2. The first-order valence-corrected chi connectivity index (χ1v) is 12.9. The van der Waals surface area contributed by atoms with Crippen molar-refractivity contribution in [2.75, 3.05) is 19.0 Å². The number of carbonyl (C=O) groups excluding carboxylic acids is 3. The highest BCUT2D eigenvalue weighted by Gasteiger charge is 2.58. The van der Waals surface area contributed by atoms with E-state index in [4.69, 9.17) is 0 Å². The Kier molecular flexibility index (Phi) is 7.79. The standard InChI is InChI=1S/C29H37N3O4/c1-5-8-19-12-14-22-25(24(19)27(34)30-4)29(36)32(23(16-33)17(2)3)26(22)28(35)31-21-13-11-18-9-6-7-10-20(18)15-21/h6-7,9-15,17,19,22-26,33H,5,8,16H2,1-4H3,(H,30,34)(H,31,35)/t19-,22+,23+,24-,25+,26+/m1/s1. The topological polar surface area (TPSA) is 98.7 Å². The van der Waals surface area contributed by atoms with Crippen LogP contribution in [0.1, 0.15) is 33.6 Å². The van der Waals surface area contributed by atoms with Crippen molar-refractivity contribution in [1.82, 2.24) is 10.2 Å². The van der Waals surface area contributed by atoms with Crippen LogP contribution in [0.2, 0.25) is 0 Å². The molecule has 2 aromatic carbocycles. The van der Waals surface area contributed by atoms with Crippen molar-refractivity contribution in [3.63, 3.8) is 0 Å². The van der Waals surface area contributed by atoms with Crippen LogP contribution in [-0.2, 0) is 14.4 Å². The summed E-state index contributed by atoms with van der Waals surface area (Å²) in [6.07, 6.45) is 5.64. The Morgan fingerprint density at radius 2 is 1.78 bits per heavy atom. The second-order valence-electron chi connectivity index (χ2n) is 10.3. The Morgan fingerprint density at radius 3 is 2.42 bits per heavy atom. The number of aliphatic hydroxyl groups is 1.